The van der Waals surface area contributed by atoms with Crippen molar-refractivity contribution in [3.8, 4) is 0 Å². The Balaban J connectivity index is 0.916. The normalized spacial score (nSPS) is 21.1. The predicted molar refractivity (Wildman–Crippen MR) is 261 cm³/mol. The average molecular weight is 1070 g/mol. The number of nitro benzene ring substituents is 1. The molecule has 29 heteroatoms. The van der Waals surface area contributed by atoms with E-state index in [0.29, 0.717) is 16.7 Å². The van der Waals surface area contributed by atoms with Crippen LogP contribution < -0.4 is 10.6 Å². The van der Waals surface area contributed by atoms with Crippen LogP contribution in [0.3, 0.4) is 0 Å². The molecule has 4 aromatic heterocycles. The van der Waals surface area contributed by atoms with Crippen LogP contribution in [0.5, 0.6) is 0 Å². The number of imidazole rings is 2. The zero-order chi connectivity index (χ0) is 52.7. The Labute approximate surface area is 425 Å². The lowest BCUT2D eigenvalue weighted by atomic mass is 10.1. The second kappa shape index (κ2) is 23.1. The Hall–Kier alpha value is -7.29. The van der Waals surface area contributed by atoms with Crippen LogP contribution >= 0.6 is 15.6 Å². The number of hydrogen-bond donors (Lipinski definition) is 2. The number of nitro groups is 1. The first kappa shape index (κ1) is 52.6. The Morgan fingerprint density at radius 2 is 1.17 bits per heavy atom. The van der Waals surface area contributed by atoms with E-state index < -0.39 is 88.4 Å². The van der Waals surface area contributed by atoms with Crippen molar-refractivity contribution in [3.05, 3.63) is 137 Å². The molecule has 0 spiro atoms. The number of benzene rings is 3. The van der Waals surface area contributed by atoms with Crippen molar-refractivity contribution in [2.24, 2.45) is 0 Å². The highest BCUT2D eigenvalue weighted by molar-refractivity contribution is 7.48. The summed E-state index contributed by atoms with van der Waals surface area (Å²) in [5.74, 6) is -1.24. The van der Waals surface area contributed by atoms with Crippen LogP contribution in [0.25, 0.3) is 22.3 Å². The largest absolute Gasteiger partial charge is 0.474 e. The number of ether oxygens (including phenoxy) is 3. The summed E-state index contributed by atoms with van der Waals surface area (Å²) in [6, 6.07) is 22.7. The fraction of sp³-hybridized carbons (Fsp3) is 0.326. The van der Waals surface area contributed by atoms with E-state index in [1.165, 1.54) is 61.1 Å². The van der Waals surface area contributed by atoms with Crippen molar-refractivity contribution in [1.82, 2.24) is 39.0 Å². The second-order valence-corrected chi connectivity index (χ2v) is 20.1. The Kier molecular flexibility index (Phi) is 16.2. The molecule has 7 aromatic rings. The van der Waals surface area contributed by atoms with E-state index in [4.69, 9.17) is 41.4 Å². The van der Waals surface area contributed by atoms with Crippen LogP contribution in [0.4, 0.5) is 17.3 Å². The van der Waals surface area contributed by atoms with Crippen molar-refractivity contribution in [1.29, 1.82) is 0 Å². The van der Waals surface area contributed by atoms with Gasteiger partial charge in [-0.15, -0.1) is 0 Å². The summed E-state index contributed by atoms with van der Waals surface area (Å²) in [6.45, 7) is 0.0123. The van der Waals surface area contributed by atoms with E-state index >= 15 is 0 Å². The Morgan fingerprint density at radius 1 is 0.680 bits per heavy atom. The number of rotatable bonds is 22. The molecule has 3 aromatic carbocycles. The van der Waals surface area contributed by atoms with E-state index in [1.54, 1.807) is 65.2 Å². The van der Waals surface area contributed by atoms with Gasteiger partial charge in [-0.25, -0.2) is 39.0 Å². The van der Waals surface area contributed by atoms with Gasteiger partial charge < -0.3 is 24.8 Å². The number of carbonyl (C=O) groups excluding carboxylic acids is 3. The van der Waals surface area contributed by atoms with Crippen molar-refractivity contribution in [2.75, 3.05) is 44.7 Å². The summed E-state index contributed by atoms with van der Waals surface area (Å²) in [6.07, 6.45) is -0.774. The van der Waals surface area contributed by atoms with Gasteiger partial charge in [0.15, 0.2) is 34.0 Å². The number of phosphoric acid groups is 2. The quantitative estimate of drug-likeness (QED) is 0.0306. The Bertz CT molecular complexity index is 3280. The SMILES string of the molecule is COP(=O)(OCCc1ccc([N+](=O)[O-])cc1)OC[C@H]1O[C@@H](n2cnc3c(NC(=O)c4ccccc4)ncnc32)C[C@@H]1OP(=O)(OC)OC[C@H]1O[C@@H](n2cnc3c(NC(=O)c4ccccc4)ncnc32)C[C@@H]1OC(C)=O. The third-order valence-electron chi connectivity index (χ3n) is 11.8. The lowest BCUT2D eigenvalue weighted by Crippen LogP contribution is -2.32. The zero-order valence-corrected chi connectivity index (χ0v) is 41.8. The number of phosphoric ester groups is 2. The molecule has 27 nitrogen and oxygen atoms in total. The van der Waals surface area contributed by atoms with Gasteiger partial charge in [-0.2, -0.15) is 0 Å². The highest BCUT2D eigenvalue weighted by atomic mass is 31.2. The summed E-state index contributed by atoms with van der Waals surface area (Å²) >= 11 is 0. The lowest BCUT2D eigenvalue weighted by Gasteiger charge is -2.25. The maximum atomic E-state index is 14.5. The van der Waals surface area contributed by atoms with Gasteiger partial charge in [0.05, 0.1) is 37.4 Å². The Morgan fingerprint density at radius 3 is 1.67 bits per heavy atom. The van der Waals surface area contributed by atoms with Crippen LogP contribution in [0.1, 0.15) is 58.5 Å². The van der Waals surface area contributed by atoms with Gasteiger partial charge in [0.2, 0.25) is 0 Å². The number of hydrogen-bond acceptors (Lipinski definition) is 22. The van der Waals surface area contributed by atoms with Crippen LogP contribution in [0.2, 0.25) is 0 Å². The zero-order valence-electron chi connectivity index (χ0n) is 40.1. The number of carbonyl (C=O) groups is 3. The first-order valence-corrected chi connectivity index (χ1v) is 25.9. The fourth-order valence-electron chi connectivity index (χ4n) is 8.16. The number of aromatic nitrogens is 8. The number of nitrogens with one attached hydrogen (secondary N) is 2. The molecule has 2 unspecified atom stereocenters. The topological polar surface area (TPSA) is 323 Å². The first-order chi connectivity index (χ1) is 36.2. The molecule has 0 bridgehead atoms. The van der Waals surface area contributed by atoms with E-state index in [-0.39, 0.29) is 65.5 Å². The van der Waals surface area contributed by atoms with Gasteiger partial charge in [0.1, 0.15) is 49.5 Å². The molecule has 2 saturated heterocycles. The molecule has 2 N–H and O–H groups in total. The summed E-state index contributed by atoms with van der Waals surface area (Å²) in [4.78, 5) is 75.1. The maximum Gasteiger partial charge on any atom is 0.474 e. The summed E-state index contributed by atoms with van der Waals surface area (Å²) in [5, 5.41) is 16.6. The van der Waals surface area contributed by atoms with E-state index in [1.807, 2.05) is 0 Å². The van der Waals surface area contributed by atoms with Crippen molar-refractivity contribution >= 4 is 73.1 Å². The van der Waals surface area contributed by atoms with Gasteiger partial charge in [0.25, 0.3) is 17.5 Å². The monoisotopic (exact) mass is 1070 g/mol. The van der Waals surface area contributed by atoms with E-state index in [9.17, 15) is 33.6 Å². The van der Waals surface area contributed by atoms with Gasteiger partial charge in [-0.1, -0.05) is 48.5 Å². The highest BCUT2D eigenvalue weighted by Gasteiger charge is 2.46. The third-order valence-corrected chi connectivity index (χ3v) is 14.7. The number of fused-ring (bicyclic) bond motifs is 2. The molecule has 0 saturated carbocycles. The van der Waals surface area contributed by atoms with Crippen molar-refractivity contribution in [3.63, 3.8) is 0 Å². The van der Waals surface area contributed by atoms with Gasteiger partial charge in [-0.3, -0.25) is 60.8 Å². The molecule has 75 heavy (non-hydrogen) atoms. The van der Waals surface area contributed by atoms with Crippen LogP contribution in [0.15, 0.2) is 110 Å². The van der Waals surface area contributed by atoms with E-state index in [2.05, 4.69) is 40.5 Å². The molecular formula is C46H47N11O16P2. The molecule has 2 fully saturated rings. The maximum absolute atomic E-state index is 14.5. The van der Waals surface area contributed by atoms with Crippen LogP contribution in [-0.2, 0) is 61.7 Å². The molecule has 2 amide bonds. The molecular weight excluding hydrogens is 1020 g/mol. The summed E-state index contributed by atoms with van der Waals surface area (Å²) in [7, 11) is -6.72. The number of esters is 1. The van der Waals surface area contributed by atoms with Gasteiger partial charge in [-0.05, 0) is 36.2 Å². The number of non-ortho nitro benzene ring substituents is 1. The molecule has 8 atom stereocenters. The van der Waals surface area contributed by atoms with Crippen molar-refractivity contribution in [2.45, 2.75) is 63.1 Å². The predicted octanol–water partition coefficient (Wildman–Crippen LogP) is 6.77. The molecule has 0 radical (unpaired) electrons. The molecule has 6 heterocycles. The highest BCUT2D eigenvalue weighted by Crippen LogP contribution is 2.55. The molecule has 2 aliphatic heterocycles. The standard InChI is InChI=1S/C46H47N11O16P2/c1-28(58)70-33-20-37(55-26-51-39-41(47-24-49-43(39)55)53-45(59)30-10-6-4-7-11-30)71-35(33)22-69-75(64,66-3)73-34-21-38(56-27-52-40-42(48-25-50-44(40)56)54-46(60)31-12-8-5-9-13-31)72-36(34)23-68-74(63,65-2)67-19-18-29-14-16-32(17-15-29)57(61)62/h4-17,24-27,33-38H,18-23H2,1-3H3,(H,47,49,53,59)(H,48,50,54,60)/t33-,34-,35+,36+,37+,38+,74?,75?/m0/s1. The fourth-order valence-corrected chi connectivity index (χ4v) is 10.2. The number of nitrogens with zero attached hydrogens (tertiary/aromatic N) is 9. The second-order valence-electron chi connectivity index (χ2n) is 16.6. The first-order valence-electron chi connectivity index (χ1n) is 22.9. The van der Waals surface area contributed by atoms with Crippen LogP contribution in [0, 0.1) is 10.1 Å². The minimum Gasteiger partial charge on any atom is -0.460 e. The van der Waals surface area contributed by atoms with Gasteiger partial charge >= 0.3 is 21.6 Å². The smallest absolute Gasteiger partial charge is 0.460 e. The van der Waals surface area contributed by atoms with E-state index in [0.717, 1.165) is 14.2 Å². The summed E-state index contributed by atoms with van der Waals surface area (Å²) < 4.78 is 83.7. The minimum atomic E-state index is -4.61. The number of anilines is 2. The lowest BCUT2D eigenvalue weighted by molar-refractivity contribution is -0.384. The van der Waals surface area contributed by atoms with Gasteiger partial charge in [0, 0.05) is 57.2 Å². The minimum absolute atomic E-state index is 0.0695. The molecule has 9 rings (SSSR count). The van der Waals surface area contributed by atoms with Crippen molar-refractivity contribution < 1.29 is 69.8 Å². The number of amides is 2. The molecule has 0 aliphatic carbocycles. The molecule has 2 aliphatic rings. The third kappa shape index (κ3) is 12.3. The summed E-state index contributed by atoms with van der Waals surface area (Å²) in [5.41, 5.74) is 2.31. The van der Waals surface area contributed by atoms with Crippen LogP contribution in [-0.4, -0.2) is 120 Å². The average Bonchev–Trinajstić information content (AvgIpc) is 4.26. The molecule has 392 valence electrons.